The highest BCUT2D eigenvalue weighted by molar-refractivity contribution is 5.95. The van der Waals surface area contributed by atoms with Crippen LogP contribution >= 0.6 is 0 Å². The van der Waals surface area contributed by atoms with Crippen LogP contribution in [0.25, 0.3) is 5.69 Å². The van der Waals surface area contributed by atoms with Crippen molar-refractivity contribution in [3.05, 3.63) is 47.3 Å². The molecule has 1 aromatic heterocycles. The highest BCUT2D eigenvalue weighted by atomic mass is 19.1. The first kappa shape index (κ1) is 14.7. The average molecular weight is 305 g/mol. The van der Waals surface area contributed by atoms with Crippen molar-refractivity contribution in [2.75, 3.05) is 6.54 Å². The second kappa shape index (κ2) is 5.51. The zero-order valence-corrected chi connectivity index (χ0v) is 12.5. The summed E-state index contributed by atoms with van der Waals surface area (Å²) >= 11 is 0. The summed E-state index contributed by atoms with van der Waals surface area (Å²) in [5, 5.41) is 4.10. The molecule has 116 valence electrons. The van der Waals surface area contributed by atoms with Gasteiger partial charge in [0, 0.05) is 18.7 Å². The van der Waals surface area contributed by atoms with E-state index in [4.69, 9.17) is 0 Å². The Bertz CT molecular complexity index is 724. The quantitative estimate of drug-likeness (QED) is 0.874. The Morgan fingerprint density at radius 2 is 2.18 bits per heavy atom. The van der Waals surface area contributed by atoms with Gasteiger partial charge in [-0.25, -0.2) is 13.5 Å². The van der Waals surface area contributed by atoms with Gasteiger partial charge in [-0.05, 0) is 31.9 Å². The number of rotatable bonds is 3. The molecule has 2 aromatic rings. The van der Waals surface area contributed by atoms with Gasteiger partial charge in [-0.3, -0.25) is 4.79 Å². The fourth-order valence-electron chi connectivity index (χ4n) is 2.80. The highest BCUT2D eigenvalue weighted by Crippen LogP contribution is 2.25. The van der Waals surface area contributed by atoms with Crippen LogP contribution in [0.3, 0.4) is 0 Å². The number of aromatic nitrogens is 2. The number of hydrogen-bond acceptors (Lipinski definition) is 2. The van der Waals surface area contributed by atoms with Crippen LogP contribution in [0.2, 0.25) is 0 Å². The number of carbonyl (C=O) groups is 1. The summed E-state index contributed by atoms with van der Waals surface area (Å²) in [4.78, 5) is 14.3. The van der Waals surface area contributed by atoms with Crippen LogP contribution in [0.1, 0.15) is 35.8 Å². The summed E-state index contributed by atoms with van der Waals surface area (Å²) in [6, 6.07) is 3.57. The molecule has 1 aliphatic heterocycles. The van der Waals surface area contributed by atoms with Gasteiger partial charge < -0.3 is 4.90 Å². The minimum Gasteiger partial charge on any atom is -0.335 e. The average Bonchev–Trinajstić information content (AvgIpc) is 2.80. The Kier molecular flexibility index (Phi) is 3.68. The zero-order chi connectivity index (χ0) is 15.9. The maximum atomic E-state index is 13.9. The van der Waals surface area contributed by atoms with E-state index >= 15 is 0 Å². The van der Waals surface area contributed by atoms with Crippen molar-refractivity contribution >= 4 is 5.91 Å². The van der Waals surface area contributed by atoms with Gasteiger partial charge in [0.15, 0.2) is 5.82 Å². The van der Waals surface area contributed by atoms with Gasteiger partial charge in [0.25, 0.3) is 5.91 Å². The second-order valence-corrected chi connectivity index (χ2v) is 5.50. The number of amides is 1. The summed E-state index contributed by atoms with van der Waals surface area (Å²) < 4.78 is 28.2. The first-order valence-electron chi connectivity index (χ1n) is 7.34. The van der Waals surface area contributed by atoms with Gasteiger partial charge in [-0.15, -0.1) is 0 Å². The van der Waals surface area contributed by atoms with E-state index in [1.54, 1.807) is 6.92 Å². The molecule has 1 aromatic carbocycles. The van der Waals surface area contributed by atoms with Gasteiger partial charge in [0.05, 0.1) is 17.5 Å². The molecule has 1 fully saturated rings. The van der Waals surface area contributed by atoms with Crippen molar-refractivity contribution in [2.24, 2.45) is 0 Å². The summed E-state index contributed by atoms with van der Waals surface area (Å²) in [6.07, 6.45) is 3.39. The fourth-order valence-corrected chi connectivity index (χ4v) is 2.80. The minimum atomic E-state index is -0.708. The SMILES string of the molecule is CCC1CCN1C(=O)c1cnn(-c2ccc(F)cc2F)c1C. The molecule has 4 nitrogen and oxygen atoms in total. The molecule has 1 saturated heterocycles. The third-order valence-corrected chi connectivity index (χ3v) is 4.25. The molecule has 22 heavy (non-hydrogen) atoms. The predicted octanol–water partition coefficient (Wildman–Crippen LogP) is 3.08. The normalized spacial score (nSPS) is 17.5. The van der Waals surface area contributed by atoms with Gasteiger partial charge >= 0.3 is 0 Å². The van der Waals surface area contributed by atoms with Crippen molar-refractivity contribution in [2.45, 2.75) is 32.7 Å². The Hall–Kier alpha value is -2.24. The lowest BCUT2D eigenvalue weighted by atomic mass is 9.99. The molecule has 1 amide bonds. The Morgan fingerprint density at radius 3 is 2.77 bits per heavy atom. The molecule has 1 atom stereocenters. The van der Waals surface area contributed by atoms with Gasteiger partial charge in [-0.1, -0.05) is 6.92 Å². The molecule has 0 radical (unpaired) electrons. The van der Waals surface area contributed by atoms with Crippen LogP contribution in [0.5, 0.6) is 0 Å². The van der Waals surface area contributed by atoms with Gasteiger partial charge in [0.1, 0.15) is 11.5 Å². The van der Waals surface area contributed by atoms with Crippen molar-refractivity contribution in [3.8, 4) is 5.69 Å². The maximum Gasteiger partial charge on any atom is 0.257 e. The Morgan fingerprint density at radius 1 is 1.41 bits per heavy atom. The summed E-state index contributed by atoms with van der Waals surface area (Å²) in [6.45, 7) is 4.50. The van der Waals surface area contributed by atoms with Crippen LogP contribution in [-0.2, 0) is 0 Å². The predicted molar refractivity (Wildman–Crippen MR) is 77.9 cm³/mol. The first-order valence-corrected chi connectivity index (χ1v) is 7.34. The molecule has 1 unspecified atom stereocenters. The molecule has 0 saturated carbocycles. The third-order valence-electron chi connectivity index (χ3n) is 4.25. The van der Waals surface area contributed by atoms with E-state index in [-0.39, 0.29) is 17.6 Å². The van der Waals surface area contributed by atoms with Crippen molar-refractivity contribution in [3.63, 3.8) is 0 Å². The van der Waals surface area contributed by atoms with Gasteiger partial charge in [-0.2, -0.15) is 5.10 Å². The molecule has 0 N–H and O–H groups in total. The van der Waals surface area contributed by atoms with E-state index in [0.717, 1.165) is 25.5 Å². The summed E-state index contributed by atoms with van der Waals surface area (Å²) in [7, 11) is 0. The smallest absolute Gasteiger partial charge is 0.257 e. The van der Waals surface area contributed by atoms with Crippen LogP contribution in [0.15, 0.2) is 24.4 Å². The third kappa shape index (κ3) is 2.28. The number of benzene rings is 1. The number of carbonyl (C=O) groups excluding carboxylic acids is 1. The van der Waals surface area contributed by atoms with Crippen LogP contribution in [-0.4, -0.2) is 33.2 Å². The Balaban J connectivity index is 1.93. The monoisotopic (exact) mass is 305 g/mol. The molecule has 1 aliphatic rings. The van der Waals surface area contributed by atoms with Gasteiger partial charge in [0.2, 0.25) is 0 Å². The maximum absolute atomic E-state index is 13.9. The Labute approximate surface area is 127 Å². The second-order valence-electron chi connectivity index (χ2n) is 5.50. The summed E-state index contributed by atoms with van der Waals surface area (Å²) in [5.41, 5.74) is 1.15. The largest absolute Gasteiger partial charge is 0.335 e. The zero-order valence-electron chi connectivity index (χ0n) is 12.5. The van der Waals surface area contributed by atoms with Crippen molar-refractivity contribution in [1.29, 1.82) is 0 Å². The van der Waals surface area contributed by atoms with Crippen molar-refractivity contribution < 1.29 is 13.6 Å². The fraction of sp³-hybridized carbons (Fsp3) is 0.375. The number of halogens is 2. The van der Waals surface area contributed by atoms with E-state index in [0.29, 0.717) is 11.3 Å². The van der Waals surface area contributed by atoms with Crippen LogP contribution < -0.4 is 0 Å². The first-order chi connectivity index (χ1) is 10.5. The lowest BCUT2D eigenvalue weighted by Gasteiger charge is -2.40. The standard InChI is InChI=1S/C16H17F2N3O/c1-3-12-6-7-20(12)16(22)13-9-19-21(10(13)2)15-5-4-11(17)8-14(15)18/h4-5,8-9,12H,3,6-7H2,1-2H3. The van der Waals surface area contributed by atoms with Crippen LogP contribution in [0.4, 0.5) is 8.78 Å². The molecular weight excluding hydrogens is 288 g/mol. The number of likely N-dealkylation sites (tertiary alicyclic amines) is 1. The minimum absolute atomic E-state index is 0.0793. The molecule has 3 rings (SSSR count). The number of nitrogens with zero attached hydrogens (tertiary/aromatic N) is 3. The van der Waals surface area contributed by atoms with E-state index in [1.807, 2.05) is 11.8 Å². The van der Waals surface area contributed by atoms with E-state index < -0.39 is 11.6 Å². The lowest BCUT2D eigenvalue weighted by Crippen LogP contribution is -2.50. The lowest BCUT2D eigenvalue weighted by molar-refractivity contribution is 0.0454. The van der Waals surface area contributed by atoms with E-state index in [1.165, 1.54) is 23.0 Å². The molecule has 0 spiro atoms. The topological polar surface area (TPSA) is 38.1 Å². The highest BCUT2D eigenvalue weighted by Gasteiger charge is 2.33. The molecular formula is C16H17F2N3O. The van der Waals surface area contributed by atoms with E-state index in [9.17, 15) is 13.6 Å². The molecule has 0 bridgehead atoms. The molecule has 0 aliphatic carbocycles. The summed E-state index contributed by atoms with van der Waals surface area (Å²) in [5.74, 6) is -1.43. The molecule has 6 heteroatoms. The number of hydrogen-bond donors (Lipinski definition) is 0. The molecule has 2 heterocycles. The van der Waals surface area contributed by atoms with Crippen LogP contribution in [0, 0.1) is 18.6 Å². The van der Waals surface area contributed by atoms with Crippen molar-refractivity contribution in [1.82, 2.24) is 14.7 Å². The van der Waals surface area contributed by atoms with E-state index in [2.05, 4.69) is 5.10 Å².